The van der Waals surface area contributed by atoms with Gasteiger partial charge in [-0.05, 0) is 135 Å². The molecule has 0 aliphatic rings. The first-order valence-electron chi connectivity index (χ1n) is 21.7. The number of benzene rings is 12. The Morgan fingerprint density at radius 1 is 0.206 bits per heavy atom. The smallest absolute Gasteiger partial charge is 0.0540 e. The van der Waals surface area contributed by atoms with Gasteiger partial charge >= 0.3 is 0 Å². The number of anilines is 3. The van der Waals surface area contributed by atoms with Gasteiger partial charge in [0.05, 0.1) is 5.69 Å². The molecule has 294 valence electrons. The average molecular weight is 800 g/mol. The Balaban J connectivity index is 1.07. The Hall–Kier alpha value is -8.26. The summed E-state index contributed by atoms with van der Waals surface area (Å²) in [4.78, 5) is 2.45. The van der Waals surface area contributed by atoms with Gasteiger partial charge in [-0.3, -0.25) is 0 Å². The molecule has 0 saturated carbocycles. The lowest BCUT2D eigenvalue weighted by Gasteiger charge is -2.29. The van der Waals surface area contributed by atoms with E-state index >= 15 is 0 Å². The molecule has 0 radical (unpaired) electrons. The van der Waals surface area contributed by atoms with Gasteiger partial charge in [0.1, 0.15) is 0 Å². The summed E-state index contributed by atoms with van der Waals surface area (Å²) >= 11 is 0. The molecule has 0 aromatic heterocycles. The standard InChI is InChI=1S/C62H41N/c1-3-15-42(16-4-1)51-21-9-10-22-53(51)45-29-33-49(34-30-45)63(50-35-37-59-57-25-12-11-23-55(57)56-24-13-14-26-58(56)61(59)41-50)62-38-32-47(40-60(62)43-17-5-2-6-18-43)46-31-36-54-48(39-46)28-27-44-19-7-8-20-52(44)54/h1-41H. The van der Waals surface area contributed by atoms with E-state index in [2.05, 4.69) is 254 Å². The Labute approximate surface area is 367 Å². The highest BCUT2D eigenvalue weighted by Crippen LogP contribution is 2.46. The van der Waals surface area contributed by atoms with Crippen molar-refractivity contribution in [3.63, 3.8) is 0 Å². The topological polar surface area (TPSA) is 3.24 Å². The summed E-state index contributed by atoms with van der Waals surface area (Å²) in [5, 5.41) is 12.6. The largest absolute Gasteiger partial charge is 0.310 e. The van der Waals surface area contributed by atoms with E-state index in [-0.39, 0.29) is 0 Å². The minimum absolute atomic E-state index is 1.09. The summed E-state index contributed by atoms with van der Waals surface area (Å²) in [6.07, 6.45) is 0. The van der Waals surface area contributed by atoms with Crippen LogP contribution < -0.4 is 4.90 Å². The van der Waals surface area contributed by atoms with Crippen molar-refractivity contribution in [3.05, 3.63) is 249 Å². The van der Waals surface area contributed by atoms with Gasteiger partial charge in [-0.1, -0.05) is 206 Å². The fourth-order valence-corrected chi connectivity index (χ4v) is 9.81. The maximum absolute atomic E-state index is 2.45. The number of fused-ring (bicyclic) bond motifs is 9. The summed E-state index contributed by atoms with van der Waals surface area (Å²) in [5.74, 6) is 0. The van der Waals surface area contributed by atoms with Crippen molar-refractivity contribution >= 4 is 70.9 Å². The third-order valence-electron chi connectivity index (χ3n) is 12.8. The molecule has 0 N–H and O–H groups in total. The van der Waals surface area contributed by atoms with E-state index in [1.807, 2.05) is 0 Å². The summed E-state index contributed by atoms with van der Waals surface area (Å²) in [6.45, 7) is 0. The molecule has 1 nitrogen and oxygen atoms in total. The van der Waals surface area contributed by atoms with Crippen LogP contribution in [0.1, 0.15) is 0 Å². The lowest BCUT2D eigenvalue weighted by atomic mass is 9.92. The summed E-state index contributed by atoms with van der Waals surface area (Å²) in [7, 11) is 0. The van der Waals surface area contributed by atoms with Gasteiger partial charge in [0.15, 0.2) is 0 Å². The number of hydrogen-bond donors (Lipinski definition) is 0. The zero-order valence-corrected chi connectivity index (χ0v) is 34.6. The van der Waals surface area contributed by atoms with Gasteiger partial charge in [-0.2, -0.15) is 0 Å². The zero-order valence-electron chi connectivity index (χ0n) is 34.6. The van der Waals surface area contributed by atoms with Gasteiger partial charge in [-0.15, -0.1) is 0 Å². The van der Waals surface area contributed by atoms with Gasteiger partial charge in [0, 0.05) is 16.9 Å². The Bertz CT molecular complexity index is 3630. The maximum atomic E-state index is 2.45. The van der Waals surface area contributed by atoms with Crippen LogP contribution in [0.2, 0.25) is 0 Å². The second kappa shape index (κ2) is 15.3. The molecule has 0 unspecified atom stereocenters. The van der Waals surface area contributed by atoms with Crippen LogP contribution in [-0.4, -0.2) is 0 Å². The zero-order chi connectivity index (χ0) is 41.7. The number of hydrogen-bond acceptors (Lipinski definition) is 1. The number of nitrogens with zero attached hydrogens (tertiary/aromatic N) is 1. The Morgan fingerprint density at radius 3 is 1.30 bits per heavy atom. The van der Waals surface area contributed by atoms with Crippen molar-refractivity contribution in [3.8, 4) is 44.5 Å². The molecule has 12 rings (SSSR count). The summed E-state index contributed by atoms with van der Waals surface area (Å²) in [5.41, 5.74) is 12.8. The predicted molar refractivity (Wildman–Crippen MR) is 270 cm³/mol. The molecule has 0 saturated heterocycles. The van der Waals surface area contributed by atoms with Gasteiger partial charge in [-0.25, -0.2) is 0 Å². The minimum atomic E-state index is 1.09. The Morgan fingerprint density at radius 2 is 0.635 bits per heavy atom. The molecule has 12 aromatic carbocycles. The van der Waals surface area contributed by atoms with Crippen LogP contribution in [0.15, 0.2) is 249 Å². The third-order valence-corrected chi connectivity index (χ3v) is 12.8. The Kier molecular flexibility index (Phi) is 8.90. The van der Waals surface area contributed by atoms with E-state index in [9.17, 15) is 0 Å². The van der Waals surface area contributed by atoms with E-state index in [1.54, 1.807) is 0 Å². The van der Waals surface area contributed by atoms with Crippen molar-refractivity contribution < 1.29 is 0 Å². The normalized spacial score (nSPS) is 11.5. The monoisotopic (exact) mass is 799 g/mol. The number of rotatable bonds is 7. The highest BCUT2D eigenvalue weighted by atomic mass is 15.1. The van der Waals surface area contributed by atoms with Gasteiger partial charge < -0.3 is 4.90 Å². The maximum Gasteiger partial charge on any atom is 0.0540 e. The first-order valence-corrected chi connectivity index (χ1v) is 21.7. The van der Waals surface area contributed by atoms with E-state index in [4.69, 9.17) is 0 Å². The highest BCUT2D eigenvalue weighted by molar-refractivity contribution is 6.26. The van der Waals surface area contributed by atoms with Gasteiger partial charge in [0.2, 0.25) is 0 Å². The molecule has 0 heterocycles. The molecule has 12 aromatic rings. The van der Waals surface area contributed by atoms with Crippen LogP contribution in [0.3, 0.4) is 0 Å². The molecular formula is C62H41N. The molecule has 0 atom stereocenters. The van der Waals surface area contributed by atoms with Crippen LogP contribution in [0.4, 0.5) is 17.1 Å². The molecule has 0 aliphatic heterocycles. The average Bonchev–Trinajstić information content (AvgIpc) is 3.37. The van der Waals surface area contributed by atoms with Crippen molar-refractivity contribution in [2.45, 2.75) is 0 Å². The molecule has 0 fully saturated rings. The van der Waals surface area contributed by atoms with Gasteiger partial charge in [0.25, 0.3) is 0 Å². The van der Waals surface area contributed by atoms with Crippen LogP contribution >= 0.6 is 0 Å². The van der Waals surface area contributed by atoms with Crippen molar-refractivity contribution in [2.24, 2.45) is 0 Å². The van der Waals surface area contributed by atoms with Crippen molar-refractivity contribution in [1.82, 2.24) is 0 Å². The van der Waals surface area contributed by atoms with E-state index in [1.165, 1.54) is 87.2 Å². The molecule has 63 heavy (non-hydrogen) atoms. The lowest BCUT2D eigenvalue weighted by molar-refractivity contribution is 1.29. The molecule has 0 bridgehead atoms. The summed E-state index contributed by atoms with van der Waals surface area (Å²) < 4.78 is 0. The molecule has 0 spiro atoms. The molecule has 0 aliphatic carbocycles. The first-order chi connectivity index (χ1) is 31.2. The highest BCUT2D eigenvalue weighted by Gasteiger charge is 2.21. The van der Waals surface area contributed by atoms with Crippen LogP contribution in [0.25, 0.3) is 98.4 Å². The third kappa shape index (κ3) is 6.42. The van der Waals surface area contributed by atoms with Crippen molar-refractivity contribution in [2.75, 3.05) is 4.90 Å². The molecule has 0 amide bonds. The fraction of sp³-hybridized carbons (Fsp3) is 0. The van der Waals surface area contributed by atoms with Crippen LogP contribution in [0.5, 0.6) is 0 Å². The predicted octanol–water partition coefficient (Wildman–Crippen LogP) is 17.6. The van der Waals surface area contributed by atoms with E-state index < -0.39 is 0 Å². The second-order valence-electron chi connectivity index (χ2n) is 16.4. The molecule has 1 heteroatoms. The molecular weight excluding hydrogens is 759 g/mol. The second-order valence-corrected chi connectivity index (χ2v) is 16.4. The SMILES string of the molecule is c1ccc(-c2ccccc2-c2ccc(N(c3ccc4c5ccccc5c5ccccc5c4c3)c3ccc(-c4ccc5c(ccc6ccccc65)c4)cc3-c3ccccc3)cc2)cc1. The van der Waals surface area contributed by atoms with Crippen LogP contribution in [-0.2, 0) is 0 Å². The quantitative estimate of drug-likeness (QED) is 0.145. The van der Waals surface area contributed by atoms with Crippen molar-refractivity contribution in [1.29, 1.82) is 0 Å². The lowest BCUT2D eigenvalue weighted by Crippen LogP contribution is -2.11. The van der Waals surface area contributed by atoms with E-state index in [0.717, 1.165) is 28.2 Å². The van der Waals surface area contributed by atoms with E-state index in [0.29, 0.717) is 0 Å². The van der Waals surface area contributed by atoms with Crippen LogP contribution in [0, 0.1) is 0 Å². The fourth-order valence-electron chi connectivity index (χ4n) is 9.81. The minimum Gasteiger partial charge on any atom is -0.310 e. The first kappa shape index (κ1) is 36.6. The summed E-state index contributed by atoms with van der Waals surface area (Å²) in [6, 6.07) is 91.1.